The van der Waals surface area contributed by atoms with Crippen molar-refractivity contribution in [2.24, 2.45) is 5.73 Å². The smallest absolute Gasteiger partial charge is 0.404 e. The first-order valence-electron chi connectivity index (χ1n) is 4.98. The molecule has 0 spiro atoms. The number of carbonyl (C=O) groups is 1. The highest BCUT2D eigenvalue weighted by molar-refractivity contribution is 9.10. The Morgan fingerprint density at radius 2 is 2.38 bits per heavy atom. The monoisotopic (exact) mass is 303 g/mol. The fraction of sp³-hybridized carbons (Fsp3) is 0.364. The Hall–Kier alpha value is -0.740. The molecule has 5 heteroatoms. The van der Waals surface area contributed by atoms with Crippen LogP contribution in [-0.2, 0) is 11.2 Å². The highest BCUT2D eigenvalue weighted by Crippen LogP contribution is 2.40. The van der Waals surface area contributed by atoms with Crippen LogP contribution in [0.1, 0.15) is 23.5 Å². The lowest BCUT2D eigenvalue weighted by molar-refractivity contribution is 0.149. The quantitative estimate of drug-likeness (QED) is 0.912. The SMILES string of the molecule is NC(=O)OCC1CCc2c1ccc(Br)c2Cl. The molecule has 1 aromatic carbocycles. The Morgan fingerprint density at radius 3 is 3.06 bits per heavy atom. The van der Waals surface area contributed by atoms with Crippen LogP contribution in [0.4, 0.5) is 4.79 Å². The molecule has 2 N–H and O–H groups in total. The van der Waals surface area contributed by atoms with Gasteiger partial charge in [-0.2, -0.15) is 0 Å². The zero-order valence-corrected chi connectivity index (χ0v) is 10.8. The van der Waals surface area contributed by atoms with Crippen molar-refractivity contribution in [3.63, 3.8) is 0 Å². The Balaban J connectivity index is 2.20. The first-order valence-corrected chi connectivity index (χ1v) is 6.15. The van der Waals surface area contributed by atoms with Gasteiger partial charge in [0.15, 0.2) is 0 Å². The molecule has 1 aliphatic carbocycles. The van der Waals surface area contributed by atoms with Crippen LogP contribution in [0.2, 0.25) is 5.02 Å². The van der Waals surface area contributed by atoms with Gasteiger partial charge in [0, 0.05) is 10.4 Å². The highest BCUT2D eigenvalue weighted by Gasteiger charge is 2.26. The van der Waals surface area contributed by atoms with Crippen LogP contribution in [0.3, 0.4) is 0 Å². The molecular weight excluding hydrogens is 293 g/mol. The van der Waals surface area contributed by atoms with Crippen molar-refractivity contribution in [3.05, 3.63) is 32.8 Å². The van der Waals surface area contributed by atoms with E-state index in [4.69, 9.17) is 22.1 Å². The number of rotatable bonds is 2. The molecule has 2 rings (SSSR count). The second kappa shape index (κ2) is 4.63. The van der Waals surface area contributed by atoms with E-state index >= 15 is 0 Å². The van der Waals surface area contributed by atoms with Crippen LogP contribution >= 0.6 is 27.5 Å². The topological polar surface area (TPSA) is 52.3 Å². The lowest BCUT2D eigenvalue weighted by atomic mass is 10.0. The van der Waals surface area contributed by atoms with E-state index in [1.807, 2.05) is 12.1 Å². The summed E-state index contributed by atoms with van der Waals surface area (Å²) < 4.78 is 5.74. The molecule has 0 heterocycles. The number of carbonyl (C=O) groups excluding carboxylic acids is 1. The van der Waals surface area contributed by atoms with Gasteiger partial charge in [0.05, 0.1) is 5.02 Å². The Labute approximate surface area is 107 Å². The molecular formula is C11H11BrClNO2. The summed E-state index contributed by atoms with van der Waals surface area (Å²) in [6.07, 6.45) is 1.13. The Kier molecular flexibility index (Phi) is 3.40. The summed E-state index contributed by atoms with van der Waals surface area (Å²) >= 11 is 9.58. The van der Waals surface area contributed by atoms with E-state index < -0.39 is 6.09 Å². The summed E-state index contributed by atoms with van der Waals surface area (Å²) in [5.74, 6) is 0.216. The first kappa shape index (κ1) is 11.7. The van der Waals surface area contributed by atoms with Crippen LogP contribution in [-0.4, -0.2) is 12.7 Å². The Bertz CT molecular complexity index is 436. The van der Waals surface area contributed by atoms with E-state index in [-0.39, 0.29) is 5.92 Å². The molecule has 0 radical (unpaired) electrons. The summed E-state index contributed by atoms with van der Waals surface area (Å²) in [6.45, 7) is 0.334. The maximum Gasteiger partial charge on any atom is 0.404 e. The average Bonchev–Trinajstić information content (AvgIpc) is 2.64. The molecule has 1 aromatic rings. The highest BCUT2D eigenvalue weighted by atomic mass is 79.9. The van der Waals surface area contributed by atoms with Crippen LogP contribution in [0.25, 0.3) is 0 Å². The second-order valence-corrected chi connectivity index (χ2v) is 5.03. The number of amides is 1. The van der Waals surface area contributed by atoms with Crippen molar-refractivity contribution in [3.8, 4) is 0 Å². The zero-order chi connectivity index (χ0) is 11.7. The van der Waals surface area contributed by atoms with E-state index in [0.717, 1.165) is 33.5 Å². The number of nitrogens with two attached hydrogens (primary N) is 1. The minimum Gasteiger partial charge on any atom is -0.449 e. The molecule has 0 fully saturated rings. The lowest BCUT2D eigenvalue weighted by Crippen LogP contribution is -2.16. The van der Waals surface area contributed by atoms with Crippen LogP contribution in [0.15, 0.2) is 16.6 Å². The molecule has 0 saturated heterocycles. The molecule has 1 amide bonds. The number of hydrogen-bond acceptors (Lipinski definition) is 2. The predicted octanol–water partition coefficient (Wildman–Crippen LogP) is 3.23. The van der Waals surface area contributed by atoms with Gasteiger partial charge in [0.25, 0.3) is 0 Å². The van der Waals surface area contributed by atoms with E-state index in [9.17, 15) is 4.79 Å². The van der Waals surface area contributed by atoms with Gasteiger partial charge in [-0.15, -0.1) is 0 Å². The summed E-state index contributed by atoms with van der Waals surface area (Å²) in [5, 5.41) is 0.763. The maximum atomic E-state index is 10.6. The largest absolute Gasteiger partial charge is 0.449 e. The lowest BCUT2D eigenvalue weighted by Gasteiger charge is -2.11. The van der Waals surface area contributed by atoms with Crippen molar-refractivity contribution in [1.29, 1.82) is 0 Å². The molecule has 0 bridgehead atoms. The average molecular weight is 305 g/mol. The van der Waals surface area contributed by atoms with Crippen molar-refractivity contribution in [2.75, 3.05) is 6.61 Å². The third kappa shape index (κ3) is 2.18. The number of primary amides is 1. The van der Waals surface area contributed by atoms with E-state index in [0.29, 0.717) is 6.61 Å². The Morgan fingerprint density at radius 1 is 1.62 bits per heavy atom. The molecule has 0 aromatic heterocycles. The molecule has 16 heavy (non-hydrogen) atoms. The van der Waals surface area contributed by atoms with E-state index in [1.165, 1.54) is 0 Å². The van der Waals surface area contributed by atoms with Crippen molar-refractivity contribution in [2.45, 2.75) is 18.8 Å². The zero-order valence-electron chi connectivity index (χ0n) is 8.50. The predicted molar refractivity (Wildman–Crippen MR) is 65.7 cm³/mol. The molecule has 0 saturated carbocycles. The van der Waals surface area contributed by atoms with E-state index in [2.05, 4.69) is 15.9 Å². The van der Waals surface area contributed by atoms with Crippen LogP contribution < -0.4 is 5.73 Å². The van der Waals surface area contributed by atoms with Gasteiger partial charge in [-0.25, -0.2) is 4.79 Å². The van der Waals surface area contributed by atoms with E-state index in [1.54, 1.807) is 0 Å². The maximum absolute atomic E-state index is 10.6. The minimum absolute atomic E-state index is 0.216. The summed E-state index contributed by atoms with van der Waals surface area (Å²) in [7, 11) is 0. The molecule has 86 valence electrons. The fourth-order valence-electron chi connectivity index (χ4n) is 2.07. The normalized spacial score (nSPS) is 18.2. The molecule has 1 atom stereocenters. The number of hydrogen-bond donors (Lipinski definition) is 1. The van der Waals surface area contributed by atoms with Crippen molar-refractivity contribution >= 4 is 33.6 Å². The number of fused-ring (bicyclic) bond motifs is 1. The van der Waals surface area contributed by atoms with Crippen LogP contribution in [0, 0.1) is 0 Å². The molecule has 3 nitrogen and oxygen atoms in total. The van der Waals surface area contributed by atoms with Crippen molar-refractivity contribution in [1.82, 2.24) is 0 Å². The van der Waals surface area contributed by atoms with Gasteiger partial charge in [-0.05, 0) is 46.0 Å². The number of halogens is 2. The minimum atomic E-state index is -0.725. The standard InChI is InChI=1S/C11H11BrClNO2/c12-9-4-3-7-6(5-16-11(14)15)1-2-8(7)10(9)13/h3-4,6H,1-2,5H2,(H2,14,15). The van der Waals surface area contributed by atoms with Gasteiger partial charge >= 0.3 is 6.09 Å². The molecule has 1 unspecified atom stereocenters. The van der Waals surface area contributed by atoms with Gasteiger partial charge in [0.1, 0.15) is 6.61 Å². The molecule has 0 aliphatic heterocycles. The van der Waals surface area contributed by atoms with Gasteiger partial charge in [0.2, 0.25) is 0 Å². The first-order chi connectivity index (χ1) is 7.59. The third-order valence-corrected chi connectivity index (χ3v) is 4.16. The fourth-order valence-corrected chi connectivity index (χ4v) is 2.71. The van der Waals surface area contributed by atoms with Gasteiger partial charge in [-0.1, -0.05) is 17.7 Å². The van der Waals surface area contributed by atoms with Gasteiger partial charge in [-0.3, -0.25) is 0 Å². The summed E-state index contributed by atoms with van der Waals surface area (Å²) in [4.78, 5) is 10.6. The summed E-state index contributed by atoms with van der Waals surface area (Å²) in [6, 6.07) is 3.94. The van der Waals surface area contributed by atoms with Crippen LogP contribution in [0.5, 0.6) is 0 Å². The second-order valence-electron chi connectivity index (χ2n) is 3.79. The molecule has 1 aliphatic rings. The van der Waals surface area contributed by atoms with Crippen molar-refractivity contribution < 1.29 is 9.53 Å². The third-order valence-electron chi connectivity index (χ3n) is 2.84. The number of benzene rings is 1. The van der Waals surface area contributed by atoms with Gasteiger partial charge < -0.3 is 10.5 Å². The summed E-state index contributed by atoms with van der Waals surface area (Å²) in [5.41, 5.74) is 7.26. The number of ether oxygens (including phenoxy) is 1.